The Hall–Kier alpha value is -1.63. The Bertz CT molecular complexity index is 445. The molecule has 0 fully saturated rings. The van der Waals surface area contributed by atoms with Gasteiger partial charge in [0, 0.05) is 4.88 Å². The Morgan fingerprint density at radius 3 is 2.56 bits per heavy atom. The second-order valence-corrected chi connectivity index (χ2v) is 4.98. The van der Waals surface area contributed by atoms with E-state index < -0.39 is 18.0 Å². The molecule has 100 valence electrons. The van der Waals surface area contributed by atoms with E-state index in [-0.39, 0.29) is 0 Å². The maximum atomic E-state index is 11.6. The molecule has 7 heteroatoms. The first-order valence-corrected chi connectivity index (χ1v) is 6.56. The van der Waals surface area contributed by atoms with E-state index in [0.717, 1.165) is 17.0 Å². The van der Waals surface area contributed by atoms with Gasteiger partial charge in [-0.05, 0) is 19.8 Å². The first-order valence-electron chi connectivity index (χ1n) is 5.74. The average Bonchev–Trinajstić information content (AvgIpc) is 2.65. The van der Waals surface area contributed by atoms with Gasteiger partial charge in [0.25, 0.3) is 0 Å². The predicted molar refractivity (Wildman–Crippen MR) is 70.1 cm³/mol. The number of urea groups is 1. The summed E-state index contributed by atoms with van der Waals surface area (Å²) in [6.07, 6.45) is 1.14. The van der Waals surface area contributed by atoms with E-state index in [4.69, 9.17) is 5.11 Å². The summed E-state index contributed by atoms with van der Waals surface area (Å²) in [7, 11) is 0. The molecule has 2 amide bonds. The molecule has 1 heterocycles. The molecule has 0 aliphatic carbocycles. The number of aromatic nitrogens is 1. The standard InChI is InChI=1S/C11H17N3O3S/c1-4-7-6(3)18-11(13-7)14-10(17)12-8(5-2)9(15)16/h8H,4-5H2,1-3H3,(H,15,16)(H2,12,13,14,17)/t8-/m1/s1. The fourth-order valence-corrected chi connectivity index (χ4v) is 2.34. The highest BCUT2D eigenvalue weighted by molar-refractivity contribution is 7.15. The third-order valence-corrected chi connectivity index (χ3v) is 3.39. The number of aliphatic carboxylic acids is 1. The summed E-state index contributed by atoms with van der Waals surface area (Å²) in [6, 6.07) is -1.42. The van der Waals surface area contributed by atoms with Crippen LogP contribution in [0.3, 0.4) is 0 Å². The lowest BCUT2D eigenvalue weighted by atomic mass is 10.2. The van der Waals surface area contributed by atoms with Crippen molar-refractivity contribution < 1.29 is 14.7 Å². The quantitative estimate of drug-likeness (QED) is 0.763. The molecule has 0 unspecified atom stereocenters. The van der Waals surface area contributed by atoms with E-state index in [1.807, 2.05) is 13.8 Å². The van der Waals surface area contributed by atoms with Gasteiger partial charge >= 0.3 is 12.0 Å². The zero-order valence-corrected chi connectivity index (χ0v) is 11.4. The second kappa shape index (κ2) is 6.34. The molecule has 1 rings (SSSR count). The zero-order valence-electron chi connectivity index (χ0n) is 10.6. The molecule has 3 N–H and O–H groups in total. The molecule has 18 heavy (non-hydrogen) atoms. The van der Waals surface area contributed by atoms with E-state index in [1.54, 1.807) is 6.92 Å². The maximum absolute atomic E-state index is 11.6. The number of nitrogens with zero attached hydrogens (tertiary/aromatic N) is 1. The van der Waals surface area contributed by atoms with Crippen LogP contribution < -0.4 is 10.6 Å². The molecule has 1 aromatic heterocycles. The second-order valence-electron chi connectivity index (χ2n) is 3.77. The Labute approximate surface area is 109 Å². The van der Waals surface area contributed by atoms with E-state index in [9.17, 15) is 9.59 Å². The molecule has 0 aliphatic rings. The van der Waals surface area contributed by atoms with Crippen LogP contribution in [0.25, 0.3) is 0 Å². The summed E-state index contributed by atoms with van der Waals surface area (Å²) in [5, 5.41) is 14.2. The lowest BCUT2D eigenvalue weighted by Gasteiger charge is -2.11. The molecule has 0 aromatic carbocycles. The molecule has 1 aromatic rings. The first kappa shape index (κ1) is 14.4. The van der Waals surface area contributed by atoms with Crippen LogP contribution in [-0.4, -0.2) is 28.1 Å². The summed E-state index contributed by atoms with van der Waals surface area (Å²) < 4.78 is 0. The van der Waals surface area contributed by atoms with Crippen molar-refractivity contribution in [3.63, 3.8) is 0 Å². The number of carbonyl (C=O) groups is 2. The summed E-state index contributed by atoms with van der Waals surface area (Å²) in [6.45, 7) is 5.62. The van der Waals surface area contributed by atoms with E-state index in [2.05, 4.69) is 15.6 Å². The largest absolute Gasteiger partial charge is 0.480 e. The van der Waals surface area contributed by atoms with Crippen molar-refractivity contribution in [1.29, 1.82) is 0 Å². The van der Waals surface area contributed by atoms with Crippen molar-refractivity contribution >= 4 is 28.5 Å². The minimum Gasteiger partial charge on any atom is -0.480 e. The molecule has 0 radical (unpaired) electrons. The van der Waals surface area contributed by atoms with Crippen molar-refractivity contribution in [2.45, 2.75) is 39.7 Å². The number of amides is 2. The SMILES string of the molecule is CCc1nc(NC(=O)N[C@H](CC)C(=O)O)sc1C. The summed E-state index contributed by atoms with van der Waals surface area (Å²) in [4.78, 5) is 27.6. The molecule has 0 bridgehead atoms. The molecule has 6 nitrogen and oxygen atoms in total. The average molecular weight is 271 g/mol. The number of carboxylic acid groups (broad SMARTS) is 1. The molecule has 0 saturated heterocycles. The molecule has 0 spiro atoms. The number of thiazole rings is 1. The molecule has 1 atom stereocenters. The lowest BCUT2D eigenvalue weighted by molar-refractivity contribution is -0.139. The number of carbonyl (C=O) groups excluding carboxylic acids is 1. The van der Waals surface area contributed by atoms with Crippen LogP contribution in [-0.2, 0) is 11.2 Å². The van der Waals surface area contributed by atoms with Gasteiger partial charge in [-0.1, -0.05) is 13.8 Å². The number of aryl methyl sites for hydroxylation is 2. The van der Waals surface area contributed by atoms with Crippen LogP contribution in [0.4, 0.5) is 9.93 Å². The van der Waals surface area contributed by atoms with E-state index >= 15 is 0 Å². The maximum Gasteiger partial charge on any atom is 0.326 e. The van der Waals surface area contributed by atoms with Gasteiger partial charge in [-0.3, -0.25) is 5.32 Å². The molecule has 0 saturated carbocycles. The summed E-state index contributed by atoms with van der Waals surface area (Å²) in [5.74, 6) is -1.04. The number of hydrogen-bond acceptors (Lipinski definition) is 4. The monoisotopic (exact) mass is 271 g/mol. The van der Waals surface area contributed by atoms with Gasteiger partial charge in [0.05, 0.1) is 5.69 Å². The number of hydrogen-bond donors (Lipinski definition) is 3. The number of nitrogens with one attached hydrogen (secondary N) is 2. The van der Waals surface area contributed by atoms with Crippen LogP contribution in [0.15, 0.2) is 0 Å². The highest BCUT2D eigenvalue weighted by Gasteiger charge is 2.18. The zero-order chi connectivity index (χ0) is 13.7. The minimum atomic E-state index is -1.04. The number of anilines is 1. The van der Waals surface area contributed by atoms with Gasteiger partial charge in [0.2, 0.25) is 0 Å². The van der Waals surface area contributed by atoms with Crippen LogP contribution in [0.5, 0.6) is 0 Å². The van der Waals surface area contributed by atoms with Crippen molar-refractivity contribution in [2.24, 2.45) is 0 Å². The summed E-state index contributed by atoms with van der Waals surface area (Å²) >= 11 is 1.38. The lowest BCUT2D eigenvalue weighted by Crippen LogP contribution is -2.42. The van der Waals surface area contributed by atoms with Crippen molar-refractivity contribution in [3.05, 3.63) is 10.6 Å². The highest BCUT2D eigenvalue weighted by Crippen LogP contribution is 2.22. The minimum absolute atomic E-state index is 0.333. The third-order valence-electron chi connectivity index (χ3n) is 2.46. The van der Waals surface area contributed by atoms with E-state index in [1.165, 1.54) is 11.3 Å². The first-order chi connectivity index (χ1) is 8.47. The number of rotatable bonds is 5. The predicted octanol–water partition coefficient (Wildman–Crippen LogP) is 2.00. The Morgan fingerprint density at radius 2 is 2.11 bits per heavy atom. The Balaban J connectivity index is 2.61. The molecule has 0 aliphatic heterocycles. The van der Waals surface area contributed by atoms with Crippen molar-refractivity contribution in [1.82, 2.24) is 10.3 Å². The van der Waals surface area contributed by atoms with Crippen molar-refractivity contribution in [3.8, 4) is 0 Å². The van der Waals surface area contributed by atoms with Gasteiger partial charge in [-0.25, -0.2) is 14.6 Å². The summed E-state index contributed by atoms with van der Waals surface area (Å²) in [5.41, 5.74) is 0.945. The smallest absolute Gasteiger partial charge is 0.326 e. The normalized spacial score (nSPS) is 11.9. The van der Waals surface area contributed by atoms with Gasteiger partial charge in [-0.15, -0.1) is 11.3 Å². The van der Waals surface area contributed by atoms with Crippen LogP contribution >= 0.6 is 11.3 Å². The van der Waals surface area contributed by atoms with Crippen LogP contribution in [0, 0.1) is 6.92 Å². The Kier molecular flexibility index (Phi) is 5.08. The Morgan fingerprint density at radius 1 is 1.44 bits per heavy atom. The van der Waals surface area contributed by atoms with E-state index in [0.29, 0.717) is 11.6 Å². The molecular weight excluding hydrogens is 254 g/mol. The van der Waals surface area contributed by atoms with Gasteiger partial charge in [-0.2, -0.15) is 0 Å². The third kappa shape index (κ3) is 3.69. The fourth-order valence-electron chi connectivity index (χ4n) is 1.44. The highest BCUT2D eigenvalue weighted by atomic mass is 32.1. The topological polar surface area (TPSA) is 91.3 Å². The van der Waals surface area contributed by atoms with Gasteiger partial charge in [0.15, 0.2) is 5.13 Å². The van der Waals surface area contributed by atoms with Crippen LogP contribution in [0.2, 0.25) is 0 Å². The van der Waals surface area contributed by atoms with Gasteiger partial charge < -0.3 is 10.4 Å². The molecular formula is C11H17N3O3S. The fraction of sp³-hybridized carbons (Fsp3) is 0.545. The van der Waals surface area contributed by atoms with Crippen molar-refractivity contribution in [2.75, 3.05) is 5.32 Å². The van der Waals surface area contributed by atoms with Gasteiger partial charge in [0.1, 0.15) is 6.04 Å². The van der Waals surface area contributed by atoms with Crippen LogP contribution in [0.1, 0.15) is 30.8 Å². The number of carboxylic acids is 1.